The van der Waals surface area contributed by atoms with Gasteiger partial charge in [-0.3, -0.25) is 9.88 Å². The Bertz CT molecular complexity index is 1170. The van der Waals surface area contributed by atoms with Crippen molar-refractivity contribution in [1.82, 2.24) is 9.88 Å². The Morgan fingerprint density at radius 3 is 2.70 bits per heavy atom. The number of hydrogen-bond acceptors (Lipinski definition) is 4. The Morgan fingerprint density at radius 1 is 0.967 bits per heavy atom. The molecular formula is C26H24N2O2. The summed E-state index contributed by atoms with van der Waals surface area (Å²) in [5.74, 6) is 1.63. The minimum absolute atomic E-state index is 0.642. The van der Waals surface area contributed by atoms with Crippen LogP contribution in [-0.4, -0.2) is 30.1 Å². The van der Waals surface area contributed by atoms with Crippen molar-refractivity contribution in [3.8, 4) is 22.6 Å². The van der Waals surface area contributed by atoms with E-state index in [0.29, 0.717) is 6.61 Å². The van der Waals surface area contributed by atoms with E-state index in [1.54, 1.807) is 13.3 Å². The molecule has 150 valence electrons. The third-order valence-corrected chi connectivity index (χ3v) is 5.61. The molecule has 0 saturated heterocycles. The van der Waals surface area contributed by atoms with Gasteiger partial charge < -0.3 is 9.47 Å². The lowest BCUT2D eigenvalue weighted by atomic mass is 10.0. The molecule has 3 aromatic carbocycles. The standard InChI is InChI=1S/C26H24N2O2/c1-29-25-15-23(22-7-4-10-27-16-22)14-24-18-28(11-12-30-26(24)25)17-19-8-9-20-5-2-3-6-21(20)13-19/h2-10,13-16H,11-12,17-18H2,1H3. The van der Waals surface area contributed by atoms with E-state index in [9.17, 15) is 0 Å². The van der Waals surface area contributed by atoms with Crippen LogP contribution in [0.15, 0.2) is 79.1 Å². The molecule has 0 amide bonds. The zero-order valence-corrected chi connectivity index (χ0v) is 17.0. The van der Waals surface area contributed by atoms with Gasteiger partial charge in [0, 0.05) is 43.2 Å². The predicted octanol–water partition coefficient (Wildman–Crippen LogP) is 5.31. The number of fused-ring (bicyclic) bond motifs is 2. The van der Waals surface area contributed by atoms with Crippen LogP contribution >= 0.6 is 0 Å². The summed E-state index contributed by atoms with van der Waals surface area (Å²) >= 11 is 0. The van der Waals surface area contributed by atoms with Gasteiger partial charge in [-0.1, -0.05) is 42.5 Å². The Balaban J connectivity index is 1.45. The summed E-state index contributed by atoms with van der Waals surface area (Å²) in [6.07, 6.45) is 3.67. The average Bonchev–Trinajstić information content (AvgIpc) is 3.00. The van der Waals surface area contributed by atoms with Crippen molar-refractivity contribution >= 4 is 10.8 Å². The fourth-order valence-electron chi connectivity index (χ4n) is 4.12. The van der Waals surface area contributed by atoms with Crippen molar-refractivity contribution < 1.29 is 9.47 Å². The smallest absolute Gasteiger partial charge is 0.165 e. The summed E-state index contributed by atoms with van der Waals surface area (Å²) in [6, 6.07) is 23.5. The van der Waals surface area contributed by atoms with Crippen LogP contribution < -0.4 is 9.47 Å². The van der Waals surface area contributed by atoms with Crippen LogP contribution in [-0.2, 0) is 13.1 Å². The largest absolute Gasteiger partial charge is 0.493 e. The Hall–Kier alpha value is -3.37. The second kappa shape index (κ2) is 8.17. The van der Waals surface area contributed by atoms with E-state index in [-0.39, 0.29) is 0 Å². The van der Waals surface area contributed by atoms with Crippen LogP contribution in [0, 0.1) is 0 Å². The van der Waals surface area contributed by atoms with E-state index in [1.165, 1.54) is 16.3 Å². The van der Waals surface area contributed by atoms with Crippen molar-refractivity contribution in [1.29, 1.82) is 0 Å². The van der Waals surface area contributed by atoms with Crippen molar-refractivity contribution in [3.05, 3.63) is 90.3 Å². The molecule has 30 heavy (non-hydrogen) atoms. The van der Waals surface area contributed by atoms with Crippen molar-refractivity contribution in [2.75, 3.05) is 20.3 Å². The van der Waals surface area contributed by atoms with Crippen molar-refractivity contribution in [2.24, 2.45) is 0 Å². The molecule has 4 aromatic rings. The molecule has 0 unspecified atom stereocenters. The lowest BCUT2D eigenvalue weighted by Crippen LogP contribution is -2.25. The van der Waals surface area contributed by atoms with E-state index in [0.717, 1.165) is 47.8 Å². The zero-order valence-electron chi connectivity index (χ0n) is 17.0. The first-order valence-corrected chi connectivity index (χ1v) is 10.2. The van der Waals surface area contributed by atoms with Gasteiger partial charge in [0.15, 0.2) is 11.5 Å². The average molecular weight is 396 g/mol. The monoisotopic (exact) mass is 396 g/mol. The van der Waals surface area contributed by atoms with Crippen LogP contribution in [0.2, 0.25) is 0 Å². The second-order valence-corrected chi connectivity index (χ2v) is 7.65. The van der Waals surface area contributed by atoms with Crippen LogP contribution in [0.3, 0.4) is 0 Å². The van der Waals surface area contributed by atoms with E-state index < -0.39 is 0 Å². The van der Waals surface area contributed by atoms with Crippen molar-refractivity contribution in [3.63, 3.8) is 0 Å². The van der Waals surface area contributed by atoms with Crippen molar-refractivity contribution in [2.45, 2.75) is 13.1 Å². The Morgan fingerprint density at radius 2 is 1.87 bits per heavy atom. The van der Waals surface area contributed by atoms with Gasteiger partial charge in [-0.2, -0.15) is 0 Å². The lowest BCUT2D eigenvalue weighted by molar-refractivity contribution is 0.217. The summed E-state index contributed by atoms with van der Waals surface area (Å²) in [7, 11) is 1.70. The highest BCUT2D eigenvalue weighted by molar-refractivity contribution is 5.83. The van der Waals surface area contributed by atoms with E-state index >= 15 is 0 Å². The topological polar surface area (TPSA) is 34.6 Å². The molecule has 1 aliphatic rings. The van der Waals surface area contributed by atoms with Gasteiger partial charge >= 0.3 is 0 Å². The molecule has 4 nitrogen and oxygen atoms in total. The Labute approximate surface area is 176 Å². The minimum atomic E-state index is 0.642. The number of aromatic nitrogens is 1. The maximum Gasteiger partial charge on any atom is 0.165 e. The maximum atomic E-state index is 6.12. The number of benzene rings is 3. The van der Waals surface area contributed by atoms with Gasteiger partial charge in [0.05, 0.1) is 7.11 Å². The quantitative estimate of drug-likeness (QED) is 0.469. The number of pyridine rings is 1. The first-order chi connectivity index (χ1) is 14.8. The molecule has 0 saturated carbocycles. The fourth-order valence-corrected chi connectivity index (χ4v) is 4.12. The third-order valence-electron chi connectivity index (χ3n) is 5.61. The van der Waals surface area contributed by atoms with Gasteiger partial charge in [0.2, 0.25) is 0 Å². The van der Waals surface area contributed by atoms with Crippen LogP contribution in [0.25, 0.3) is 21.9 Å². The normalized spacial score (nSPS) is 14.0. The van der Waals surface area contributed by atoms with Crippen LogP contribution in [0.4, 0.5) is 0 Å². The molecule has 0 spiro atoms. The summed E-state index contributed by atoms with van der Waals surface area (Å²) in [4.78, 5) is 6.69. The molecule has 1 aliphatic heterocycles. The molecule has 0 radical (unpaired) electrons. The molecule has 0 N–H and O–H groups in total. The molecule has 0 atom stereocenters. The van der Waals surface area contributed by atoms with Gasteiger partial charge in [-0.05, 0) is 46.2 Å². The fraction of sp³-hybridized carbons (Fsp3) is 0.192. The molecule has 4 heteroatoms. The lowest BCUT2D eigenvalue weighted by Gasteiger charge is -2.20. The van der Waals surface area contributed by atoms with Gasteiger partial charge in [0.25, 0.3) is 0 Å². The summed E-state index contributed by atoms with van der Waals surface area (Å²) in [6.45, 7) is 3.20. The highest BCUT2D eigenvalue weighted by atomic mass is 16.5. The number of ether oxygens (including phenoxy) is 2. The summed E-state index contributed by atoms with van der Waals surface area (Å²) in [5, 5.41) is 2.55. The Kier molecular flexibility index (Phi) is 5.08. The van der Waals surface area contributed by atoms with Gasteiger partial charge in [0.1, 0.15) is 6.61 Å². The molecule has 0 aliphatic carbocycles. The SMILES string of the molecule is COc1cc(-c2cccnc2)cc2c1OCCN(Cc1ccc3ccccc3c1)C2. The molecule has 2 heterocycles. The van der Waals surface area contributed by atoms with Crippen LogP contribution in [0.1, 0.15) is 11.1 Å². The first-order valence-electron chi connectivity index (χ1n) is 10.2. The van der Waals surface area contributed by atoms with Gasteiger partial charge in [-0.25, -0.2) is 0 Å². The number of rotatable bonds is 4. The molecular weight excluding hydrogens is 372 g/mol. The highest BCUT2D eigenvalue weighted by Gasteiger charge is 2.21. The molecule has 1 aromatic heterocycles. The summed E-state index contributed by atoms with van der Waals surface area (Å²) in [5.41, 5.74) is 4.62. The number of hydrogen-bond donors (Lipinski definition) is 0. The highest BCUT2D eigenvalue weighted by Crippen LogP contribution is 2.38. The van der Waals surface area contributed by atoms with E-state index in [2.05, 4.69) is 64.5 Å². The second-order valence-electron chi connectivity index (χ2n) is 7.65. The van der Waals surface area contributed by atoms with E-state index in [4.69, 9.17) is 9.47 Å². The predicted molar refractivity (Wildman–Crippen MR) is 120 cm³/mol. The van der Waals surface area contributed by atoms with Crippen LogP contribution in [0.5, 0.6) is 11.5 Å². The molecule has 5 rings (SSSR count). The minimum Gasteiger partial charge on any atom is -0.493 e. The number of methoxy groups -OCH3 is 1. The first kappa shape index (κ1) is 18.6. The zero-order chi connectivity index (χ0) is 20.3. The molecule has 0 fully saturated rings. The number of nitrogens with zero attached hydrogens (tertiary/aromatic N) is 2. The van der Waals surface area contributed by atoms with E-state index in [1.807, 2.05) is 18.3 Å². The van der Waals surface area contributed by atoms with Gasteiger partial charge in [-0.15, -0.1) is 0 Å². The third kappa shape index (κ3) is 3.74. The molecule has 0 bridgehead atoms. The maximum absolute atomic E-state index is 6.12. The summed E-state index contributed by atoms with van der Waals surface area (Å²) < 4.78 is 11.8.